The maximum Gasteiger partial charge on any atom is 0.427 e. The van der Waals surface area contributed by atoms with Crippen molar-refractivity contribution in [1.82, 2.24) is 9.55 Å². The number of anilines is 1. The number of nitrogens with zero attached hydrogens (tertiary/aromatic N) is 4. The fourth-order valence-electron chi connectivity index (χ4n) is 3.76. The molecule has 1 aromatic carbocycles. The van der Waals surface area contributed by atoms with Crippen molar-refractivity contribution in [3.8, 4) is 11.3 Å². The van der Waals surface area contributed by atoms with Crippen molar-refractivity contribution in [3.63, 3.8) is 0 Å². The van der Waals surface area contributed by atoms with Crippen molar-refractivity contribution in [2.75, 3.05) is 4.90 Å². The Hall–Kier alpha value is -3.96. The van der Waals surface area contributed by atoms with Crippen molar-refractivity contribution in [2.24, 2.45) is 0 Å². The number of nitro benzene ring substituents is 1. The molecular formula is C26H34N4O8. The van der Waals surface area contributed by atoms with E-state index in [4.69, 9.17) is 14.2 Å². The second kappa shape index (κ2) is 9.73. The van der Waals surface area contributed by atoms with Crippen LogP contribution < -0.4 is 4.90 Å². The lowest BCUT2D eigenvalue weighted by Crippen LogP contribution is -2.45. The molecule has 12 heteroatoms. The lowest BCUT2D eigenvalue weighted by Gasteiger charge is -2.28. The van der Waals surface area contributed by atoms with Gasteiger partial charge in [0.05, 0.1) is 16.3 Å². The van der Waals surface area contributed by atoms with E-state index in [1.54, 1.807) is 68.4 Å². The van der Waals surface area contributed by atoms with Gasteiger partial charge < -0.3 is 14.2 Å². The van der Waals surface area contributed by atoms with Gasteiger partial charge in [-0.3, -0.25) is 10.1 Å². The highest BCUT2D eigenvalue weighted by Crippen LogP contribution is 2.39. The summed E-state index contributed by atoms with van der Waals surface area (Å²) >= 11 is 0. The van der Waals surface area contributed by atoms with Crippen LogP contribution in [0.3, 0.4) is 0 Å². The molecule has 3 rings (SSSR count). The number of aromatic nitrogens is 2. The van der Waals surface area contributed by atoms with Gasteiger partial charge in [-0.25, -0.2) is 23.9 Å². The predicted octanol–water partition coefficient (Wildman–Crippen LogP) is 6.02. The molecule has 0 saturated heterocycles. The molecule has 2 amide bonds. The van der Waals surface area contributed by atoms with E-state index in [-0.39, 0.29) is 11.4 Å². The zero-order valence-electron chi connectivity index (χ0n) is 23.2. The molecule has 206 valence electrons. The van der Waals surface area contributed by atoms with Crippen LogP contribution in [0.2, 0.25) is 0 Å². The Labute approximate surface area is 221 Å². The fraction of sp³-hybridized carbons (Fsp3) is 0.538. The average molecular weight is 531 g/mol. The van der Waals surface area contributed by atoms with Crippen LogP contribution in [-0.4, -0.2) is 49.6 Å². The molecule has 0 radical (unpaired) electrons. The van der Waals surface area contributed by atoms with E-state index in [1.165, 1.54) is 12.1 Å². The number of hydrogen-bond acceptors (Lipinski definition) is 9. The van der Waals surface area contributed by atoms with Gasteiger partial charge in [0.2, 0.25) is 5.95 Å². The van der Waals surface area contributed by atoms with Gasteiger partial charge in [-0.1, -0.05) is 6.07 Å². The van der Waals surface area contributed by atoms with Gasteiger partial charge in [0.1, 0.15) is 16.8 Å². The van der Waals surface area contributed by atoms with E-state index >= 15 is 0 Å². The Bertz CT molecular complexity index is 1260. The quantitative estimate of drug-likeness (QED) is 0.259. The molecule has 0 fully saturated rings. The fourth-order valence-corrected chi connectivity index (χ4v) is 3.76. The maximum absolute atomic E-state index is 13.6. The summed E-state index contributed by atoms with van der Waals surface area (Å²) in [6.07, 6.45) is -2.34. The number of non-ortho nitro benzene ring substituents is 1. The molecule has 0 atom stereocenters. The molecule has 1 aliphatic carbocycles. The van der Waals surface area contributed by atoms with Crippen LogP contribution in [0.25, 0.3) is 11.3 Å². The smallest absolute Gasteiger partial charge is 0.427 e. The summed E-state index contributed by atoms with van der Waals surface area (Å²) in [5, 5.41) is 11.5. The molecule has 1 aromatic heterocycles. The third-order valence-electron chi connectivity index (χ3n) is 5.05. The van der Waals surface area contributed by atoms with Crippen LogP contribution in [0, 0.1) is 10.1 Å². The number of rotatable bonds is 2. The molecule has 0 unspecified atom stereocenters. The number of hydrogen-bond donors (Lipinski definition) is 0. The Balaban J connectivity index is 2.33. The minimum Gasteiger partial charge on any atom is -0.443 e. The Morgan fingerprint density at radius 2 is 1.42 bits per heavy atom. The molecule has 12 nitrogen and oxygen atoms in total. The molecule has 0 aliphatic heterocycles. The Kier molecular flexibility index (Phi) is 7.33. The van der Waals surface area contributed by atoms with Crippen molar-refractivity contribution in [2.45, 2.75) is 92.0 Å². The van der Waals surface area contributed by atoms with Crippen LogP contribution in [0.15, 0.2) is 18.2 Å². The van der Waals surface area contributed by atoms with E-state index in [2.05, 4.69) is 4.98 Å². The number of imide groups is 1. The number of benzene rings is 1. The van der Waals surface area contributed by atoms with Gasteiger partial charge in [0.15, 0.2) is 0 Å². The Morgan fingerprint density at radius 1 is 0.895 bits per heavy atom. The zero-order valence-corrected chi connectivity index (χ0v) is 23.2. The Morgan fingerprint density at radius 3 is 1.89 bits per heavy atom. The molecule has 2 aromatic rings. The van der Waals surface area contributed by atoms with Crippen LogP contribution in [-0.2, 0) is 27.1 Å². The summed E-state index contributed by atoms with van der Waals surface area (Å²) in [6.45, 7) is 14.7. The summed E-state index contributed by atoms with van der Waals surface area (Å²) in [5.74, 6) is -0.396. The highest BCUT2D eigenvalue weighted by molar-refractivity contribution is 6.09. The number of amides is 2. The number of imidazole rings is 1. The number of carbonyl (C=O) groups excluding carboxylic acids is 3. The van der Waals surface area contributed by atoms with Crippen LogP contribution in [0.5, 0.6) is 0 Å². The van der Waals surface area contributed by atoms with Gasteiger partial charge in [-0.05, 0) is 80.7 Å². The summed E-state index contributed by atoms with van der Waals surface area (Å²) in [5.41, 5.74) is -1.47. The lowest BCUT2D eigenvalue weighted by molar-refractivity contribution is -0.384. The standard InChI is InChI=1S/C26H34N4O8/c1-24(2,3)36-21(31)28-19-17-14-16(30(34)35)12-10-15(17)11-13-18(19)27-20(28)29(22(32)37-25(4,5)6)23(33)38-26(7,8)9/h10,12,14H,11,13H2,1-9H3. The molecule has 0 spiro atoms. The van der Waals surface area contributed by atoms with Crippen molar-refractivity contribution < 1.29 is 33.5 Å². The third-order valence-corrected chi connectivity index (χ3v) is 5.05. The second-order valence-electron chi connectivity index (χ2n) is 11.9. The summed E-state index contributed by atoms with van der Waals surface area (Å²) in [4.78, 5) is 56.3. The average Bonchev–Trinajstić information content (AvgIpc) is 3.08. The number of aryl methyl sites for hydroxylation is 2. The predicted molar refractivity (Wildman–Crippen MR) is 138 cm³/mol. The third kappa shape index (κ3) is 6.48. The van der Waals surface area contributed by atoms with E-state index < -0.39 is 46.0 Å². The molecule has 0 N–H and O–H groups in total. The maximum atomic E-state index is 13.6. The zero-order chi connectivity index (χ0) is 28.8. The van der Waals surface area contributed by atoms with E-state index in [0.29, 0.717) is 29.0 Å². The topological polar surface area (TPSA) is 143 Å². The normalized spacial score (nSPS) is 13.2. The second-order valence-corrected chi connectivity index (χ2v) is 11.9. The SMILES string of the molecule is CC(C)(C)OC(=O)N(C(=O)OC(C)(C)C)c1nc2c(n1C(=O)OC(C)(C)C)-c1cc([N+](=O)[O-])ccc1CC2. The number of fused-ring (bicyclic) bond motifs is 3. The molecular weight excluding hydrogens is 496 g/mol. The number of ether oxygens (including phenoxy) is 3. The van der Waals surface area contributed by atoms with Crippen molar-refractivity contribution in [3.05, 3.63) is 39.6 Å². The van der Waals surface area contributed by atoms with E-state index in [1.807, 2.05) is 0 Å². The molecule has 38 heavy (non-hydrogen) atoms. The minimum atomic E-state index is -1.11. The first kappa shape index (κ1) is 28.6. The lowest BCUT2D eigenvalue weighted by atomic mass is 9.92. The van der Waals surface area contributed by atoms with Crippen LogP contribution in [0.1, 0.15) is 73.6 Å². The summed E-state index contributed by atoms with van der Waals surface area (Å²) in [7, 11) is 0. The van der Waals surface area contributed by atoms with E-state index in [9.17, 15) is 24.5 Å². The first-order valence-corrected chi connectivity index (χ1v) is 12.2. The summed E-state index contributed by atoms with van der Waals surface area (Å²) < 4.78 is 17.5. The van der Waals surface area contributed by atoms with Gasteiger partial charge in [0, 0.05) is 17.7 Å². The van der Waals surface area contributed by atoms with Gasteiger partial charge in [-0.15, -0.1) is 4.90 Å². The van der Waals surface area contributed by atoms with E-state index in [0.717, 1.165) is 10.1 Å². The van der Waals surface area contributed by atoms with Gasteiger partial charge in [-0.2, -0.15) is 0 Å². The number of carbonyl (C=O) groups is 3. The van der Waals surface area contributed by atoms with Crippen molar-refractivity contribution >= 4 is 29.9 Å². The van der Waals surface area contributed by atoms with Crippen molar-refractivity contribution in [1.29, 1.82) is 0 Å². The summed E-state index contributed by atoms with van der Waals surface area (Å²) in [6, 6.07) is 4.33. The van der Waals surface area contributed by atoms with Crippen LogP contribution >= 0.6 is 0 Å². The molecule has 1 heterocycles. The molecule has 1 aliphatic rings. The number of nitro groups is 1. The monoisotopic (exact) mass is 530 g/mol. The molecule has 0 bridgehead atoms. The highest BCUT2D eigenvalue weighted by atomic mass is 16.6. The first-order valence-electron chi connectivity index (χ1n) is 12.2. The van der Waals surface area contributed by atoms with Crippen LogP contribution in [0.4, 0.5) is 26.0 Å². The van der Waals surface area contributed by atoms with Gasteiger partial charge in [0.25, 0.3) is 5.69 Å². The largest absolute Gasteiger partial charge is 0.443 e. The molecule has 0 saturated carbocycles. The first-order chi connectivity index (χ1) is 17.3. The minimum absolute atomic E-state index is 0.189. The highest BCUT2D eigenvalue weighted by Gasteiger charge is 2.41. The van der Waals surface area contributed by atoms with Gasteiger partial charge >= 0.3 is 18.3 Å².